The Morgan fingerprint density at radius 2 is 1.64 bits per heavy atom. The molecule has 0 saturated carbocycles. The van der Waals surface area contributed by atoms with E-state index in [4.69, 9.17) is 0 Å². The van der Waals surface area contributed by atoms with E-state index in [1.54, 1.807) is 12.1 Å². The maximum absolute atomic E-state index is 12.3. The number of carboxylic acid groups (broad SMARTS) is 1. The van der Waals surface area contributed by atoms with Crippen molar-refractivity contribution in [2.75, 3.05) is 13.1 Å². The molecule has 1 aliphatic heterocycles. The number of rotatable bonds is 4. The maximum atomic E-state index is 12.3. The number of amides is 2. The van der Waals surface area contributed by atoms with Crippen molar-refractivity contribution in [1.82, 2.24) is 10.2 Å². The number of benzene rings is 2. The highest BCUT2D eigenvalue weighted by molar-refractivity contribution is 5.89. The average Bonchev–Trinajstić information content (AvgIpc) is 2.67. The van der Waals surface area contributed by atoms with E-state index in [2.05, 4.69) is 5.32 Å². The van der Waals surface area contributed by atoms with Crippen LogP contribution < -0.4 is 5.32 Å². The molecule has 5 nitrogen and oxygen atoms in total. The summed E-state index contributed by atoms with van der Waals surface area (Å²) in [5, 5.41) is 12.3. The van der Waals surface area contributed by atoms with Gasteiger partial charge in [-0.05, 0) is 36.0 Å². The molecule has 1 fully saturated rings. The summed E-state index contributed by atoms with van der Waals surface area (Å²) in [4.78, 5) is 25.5. The largest absolute Gasteiger partial charge is 0.478 e. The Morgan fingerprint density at radius 1 is 1.00 bits per heavy atom. The standard InChI is InChI=1S/C20H22N2O3/c23-19(24)18-9-5-4-8-17(18)16-10-12-22(13-11-16)20(25)21-14-15-6-2-1-3-7-15/h1-9,16H,10-14H2,(H,21,25)(H,23,24). The molecule has 1 heterocycles. The van der Waals surface area contributed by atoms with Gasteiger partial charge in [0.25, 0.3) is 0 Å². The first-order valence-corrected chi connectivity index (χ1v) is 8.54. The number of aromatic carboxylic acids is 1. The molecule has 1 saturated heterocycles. The highest BCUT2D eigenvalue weighted by Gasteiger charge is 2.26. The third-order valence-electron chi connectivity index (χ3n) is 4.70. The van der Waals surface area contributed by atoms with Crippen LogP contribution in [0.25, 0.3) is 0 Å². The molecule has 0 bridgehead atoms. The smallest absolute Gasteiger partial charge is 0.335 e. The van der Waals surface area contributed by atoms with Crippen molar-refractivity contribution >= 4 is 12.0 Å². The zero-order chi connectivity index (χ0) is 17.6. The predicted octanol–water partition coefficient (Wildman–Crippen LogP) is 3.47. The molecule has 25 heavy (non-hydrogen) atoms. The Kier molecular flexibility index (Phi) is 5.33. The molecule has 2 aromatic rings. The van der Waals surface area contributed by atoms with Crippen molar-refractivity contribution in [2.45, 2.75) is 25.3 Å². The Bertz CT molecular complexity index is 738. The lowest BCUT2D eigenvalue weighted by Gasteiger charge is -2.32. The van der Waals surface area contributed by atoms with Crippen molar-refractivity contribution in [3.05, 3.63) is 71.3 Å². The molecular formula is C20H22N2O3. The third-order valence-corrected chi connectivity index (χ3v) is 4.70. The number of hydrogen-bond acceptors (Lipinski definition) is 2. The number of hydrogen-bond donors (Lipinski definition) is 2. The molecule has 0 unspecified atom stereocenters. The number of nitrogens with zero attached hydrogens (tertiary/aromatic N) is 1. The predicted molar refractivity (Wildman–Crippen MR) is 95.6 cm³/mol. The molecule has 5 heteroatoms. The van der Waals surface area contributed by atoms with Crippen molar-refractivity contribution in [3.8, 4) is 0 Å². The summed E-state index contributed by atoms with van der Waals surface area (Å²) in [6, 6.07) is 16.9. The van der Waals surface area contributed by atoms with E-state index in [1.165, 1.54) is 0 Å². The van der Waals surface area contributed by atoms with Gasteiger partial charge >= 0.3 is 12.0 Å². The first kappa shape index (κ1) is 17.0. The molecule has 130 valence electrons. The highest BCUT2D eigenvalue weighted by Crippen LogP contribution is 2.30. The van der Waals surface area contributed by atoms with Gasteiger partial charge in [-0.25, -0.2) is 9.59 Å². The first-order chi connectivity index (χ1) is 12.1. The number of carbonyl (C=O) groups excluding carboxylic acids is 1. The van der Waals surface area contributed by atoms with Crippen LogP contribution >= 0.6 is 0 Å². The molecule has 0 radical (unpaired) electrons. The van der Waals surface area contributed by atoms with Gasteiger partial charge < -0.3 is 15.3 Å². The van der Waals surface area contributed by atoms with Crippen molar-refractivity contribution in [3.63, 3.8) is 0 Å². The number of carbonyl (C=O) groups is 2. The van der Waals surface area contributed by atoms with Crippen LogP contribution in [0.2, 0.25) is 0 Å². The number of likely N-dealkylation sites (tertiary alicyclic amines) is 1. The van der Waals surface area contributed by atoms with E-state index in [0.717, 1.165) is 24.0 Å². The summed E-state index contributed by atoms with van der Waals surface area (Å²) in [7, 11) is 0. The SMILES string of the molecule is O=C(O)c1ccccc1C1CCN(C(=O)NCc2ccccc2)CC1. The quantitative estimate of drug-likeness (QED) is 0.897. The van der Waals surface area contributed by atoms with Gasteiger partial charge in [-0.1, -0.05) is 48.5 Å². The lowest BCUT2D eigenvalue weighted by atomic mass is 9.86. The van der Waals surface area contributed by atoms with Crippen LogP contribution in [0, 0.1) is 0 Å². The van der Waals surface area contributed by atoms with Gasteiger partial charge in [0, 0.05) is 19.6 Å². The Hall–Kier alpha value is -2.82. The monoisotopic (exact) mass is 338 g/mol. The van der Waals surface area contributed by atoms with Gasteiger partial charge in [0.05, 0.1) is 5.56 Å². The van der Waals surface area contributed by atoms with Crippen LogP contribution in [0.15, 0.2) is 54.6 Å². The zero-order valence-electron chi connectivity index (χ0n) is 14.0. The molecule has 0 atom stereocenters. The molecule has 1 aliphatic rings. The van der Waals surface area contributed by atoms with Crippen molar-refractivity contribution in [1.29, 1.82) is 0 Å². The molecule has 0 aliphatic carbocycles. The van der Waals surface area contributed by atoms with Gasteiger partial charge in [-0.3, -0.25) is 0 Å². The van der Waals surface area contributed by atoms with Gasteiger partial charge in [0.1, 0.15) is 0 Å². The van der Waals surface area contributed by atoms with Crippen LogP contribution in [0.1, 0.15) is 40.2 Å². The van der Waals surface area contributed by atoms with Crippen LogP contribution in [0.4, 0.5) is 4.79 Å². The number of carboxylic acids is 1. The second kappa shape index (κ2) is 7.83. The Labute approximate surface area is 147 Å². The van der Waals surface area contributed by atoms with Gasteiger partial charge in [0.15, 0.2) is 0 Å². The van der Waals surface area contributed by atoms with Crippen molar-refractivity contribution in [2.24, 2.45) is 0 Å². The second-order valence-electron chi connectivity index (χ2n) is 6.30. The minimum Gasteiger partial charge on any atom is -0.478 e. The normalized spacial score (nSPS) is 15.0. The molecule has 0 aromatic heterocycles. The van der Waals surface area contributed by atoms with E-state index in [0.29, 0.717) is 25.2 Å². The summed E-state index contributed by atoms with van der Waals surface area (Å²) in [5.41, 5.74) is 2.31. The summed E-state index contributed by atoms with van der Waals surface area (Å²) in [5.74, 6) is -0.705. The van der Waals surface area contributed by atoms with Crippen LogP contribution in [-0.2, 0) is 6.54 Å². The molecule has 2 aromatic carbocycles. The first-order valence-electron chi connectivity index (χ1n) is 8.54. The Morgan fingerprint density at radius 3 is 2.32 bits per heavy atom. The van der Waals surface area contributed by atoms with E-state index in [9.17, 15) is 14.7 Å². The fraction of sp³-hybridized carbons (Fsp3) is 0.300. The number of nitrogens with one attached hydrogen (secondary N) is 1. The van der Waals surface area contributed by atoms with E-state index in [1.807, 2.05) is 47.4 Å². The number of piperidine rings is 1. The lowest BCUT2D eigenvalue weighted by Crippen LogP contribution is -2.43. The summed E-state index contributed by atoms with van der Waals surface area (Å²) in [6.07, 6.45) is 1.56. The maximum Gasteiger partial charge on any atom is 0.335 e. The van der Waals surface area contributed by atoms with E-state index < -0.39 is 5.97 Å². The minimum absolute atomic E-state index is 0.0613. The third kappa shape index (κ3) is 4.18. The topological polar surface area (TPSA) is 69.6 Å². The second-order valence-corrected chi connectivity index (χ2v) is 6.30. The minimum atomic E-state index is -0.890. The van der Waals surface area contributed by atoms with Crippen LogP contribution in [0.5, 0.6) is 0 Å². The fourth-order valence-corrected chi connectivity index (χ4v) is 3.33. The fourth-order valence-electron chi connectivity index (χ4n) is 3.33. The highest BCUT2D eigenvalue weighted by atomic mass is 16.4. The summed E-state index contributed by atoms with van der Waals surface area (Å²) >= 11 is 0. The summed E-state index contributed by atoms with van der Waals surface area (Å²) < 4.78 is 0. The molecule has 2 N–H and O–H groups in total. The van der Waals surface area contributed by atoms with Gasteiger partial charge in [-0.2, -0.15) is 0 Å². The van der Waals surface area contributed by atoms with Crippen LogP contribution in [-0.4, -0.2) is 35.1 Å². The van der Waals surface area contributed by atoms with Crippen molar-refractivity contribution < 1.29 is 14.7 Å². The lowest BCUT2D eigenvalue weighted by molar-refractivity contribution is 0.0694. The van der Waals surface area contributed by atoms with Gasteiger partial charge in [0.2, 0.25) is 0 Å². The molecule has 2 amide bonds. The molecular weight excluding hydrogens is 316 g/mol. The summed E-state index contributed by atoms with van der Waals surface area (Å²) in [6.45, 7) is 1.79. The van der Waals surface area contributed by atoms with Gasteiger partial charge in [-0.15, -0.1) is 0 Å². The Balaban J connectivity index is 1.55. The number of urea groups is 1. The van der Waals surface area contributed by atoms with E-state index in [-0.39, 0.29) is 11.9 Å². The zero-order valence-corrected chi connectivity index (χ0v) is 14.0. The van der Waals surface area contributed by atoms with E-state index >= 15 is 0 Å². The average molecular weight is 338 g/mol. The van der Waals surface area contributed by atoms with Crippen LogP contribution in [0.3, 0.4) is 0 Å². The molecule has 0 spiro atoms. The molecule has 3 rings (SSSR count).